The van der Waals surface area contributed by atoms with Gasteiger partial charge in [0.05, 0.1) is 15.1 Å². The van der Waals surface area contributed by atoms with Crippen molar-refractivity contribution in [1.29, 1.82) is 5.26 Å². The Morgan fingerprint density at radius 2 is 1.72 bits per heavy atom. The molecule has 0 fully saturated rings. The number of nitriles is 1. The molecular formula is C27H18N2OS2. The largest absolute Gasteiger partial charge is 0.488 e. The summed E-state index contributed by atoms with van der Waals surface area (Å²) < 4.78 is 8.17. The van der Waals surface area contributed by atoms with Gasteiger partial charge in [-0.15, -0.1) is 11.3 Å². The van der Waals surface area contributed by atoms with Crippen LogP contribution in [-0.4, -0.2) is 4.98 Å². The first-order valence-corrected chi connectivity index (χ1v) is 11.8. The average molecular weight is 451 g/mol. The molecule has 0 atom stereocenters. The van der Waals surface area contributed by atoms with Gasteiger partial charge in [0.15, 0.2) is 4.34 Å². The van der Waals surface area contributed by atoms with E-state index in [2.05, 4.69) is 41.4 Å². The predicted octanol–water partition coefficient (Wildman–Crippen LogP) is 7.69. The van der Waals surface area contributed by atoms with Crippen molar-refractivity contribution in [3.8, 4) is 11.8 Å². The molecule has 5 rings (SSSR count). The fourth-order valence-electron chi connectivity index (χ4n) is 3.52. The molecule has 0 aliphatic rings. The zero-order chi connectivity index (χ0) is 21.8. The first-order chi connectivity index (χ1) is 15.8. The number of para-hydroxylation sites is 2. The molecule has 4 aromatic carbocycles. The summed E-state index contributed by atoms with van der Waals surface area (Å²) in [5.41, 5.74) is 2.96. The topological polar surface area (TPSA) is 45.9 Å². The summed E-state index contributed by atoms with van der Waals surface area (Å²) in [5, 5.41) is 12.1. The standard InChI is InChI=1S/C27H18N2OS2/c28-17-22(31-27-29-24-13-4-6-15-26(24)32-27)16-20-9-2-5-14-25(20)30-18-21-11-7-10-19-8-1-3-12-23(19)21/h1-16H,18H2/b22-16-. The van der Waals surface area contributed by atoms with Crippen LogP contribution in [0.4, 0.5) is 0 Å². The summed E-state index contributed by atoms with van der Waals surface area (Å²) in [4.78, 5) is 5.20. The summed E-state index contributed by atoms with van der Waals surface area (Å²) in [7, 11) is 0. The van der Waals surface area contributed by atoms with E-state index in [9.17, 15) is 5.26 Å². The third kappa shape index (κ3) is 4.38. The van der Waals surface area contributed by atoms with Crippen LogP contribution >= 0.6 is 23.1 Å². The summed E-state index contributed by atoms with van der Waals surface area (Å²) in [6.07, 6.45) is 1.87. The zero-order valence-electron chi connectivity index (χ0n) is 17.1. The lowest BCUT2D eigenvalue weighted by atomic mass is 10.1. The Balaban J connectivity index is 1.39. The maximum absolute atomic E-state index is 9.74. The number of aromatic nitrogens is 1. The van der Waals surface area contributed by atoms with E-state index in [-0.39, 0.29) is 0 Å². The smallest absolute Gasteiger partial charge is 0.156 e. The SMILES string of the molecule is N#C/C(=C/c1ccccc1OCc1cccc2ccccc12)Sc1nc2ccccc2s1. The van der Waals surface area contributed by atoms with Gasteiger partial charge in [-0.3, -0.25) is 0 Å². The van der Waals surface area contributed by atoms with Crippen LogP contribution in [0.3, 0.4) is 0 Å². The van der Waals surface area contributed by atoms with Gasteiger partial charge in [-0.25, -0.2) is 4.98 Å². The van der Waals surface area contributed by atoms with Gasteiger partial charge in [-0.05, 0) is 52.4 Å². The van der Waals surface area contributed by atoms with E-state index in [1.165, 1.54) is 22.5 Å². The summed E-state index contributed by atoms with van der Waals surface area (Å²) in [6, 6.07) is 32.7. The number of nitrogens with zero attached hydrogens (tertiary/aromatic N) is 2. The highest BCUT2D eigenvalue weighted by Crippen LogP contribution is 2.35. The minimum absolute atomic E-state index is 0.457. The van der Waals surface area contributed by atoms with Crippen LogP contribution < -0.4 is 4.74 Å². The van der Waals surface area contributed by atoms with Crippen molar-refractivity contribution in [3.63, 3.8) is 0 Å². The molecule has 1 aromatic heterocycles. The molecule has 0 saturated carbocycles. The van der Waals surface area contributed by atoms with Crippen molar-refractivity contribution in [2.75, 3.05) is 0 Å². The molecule has 0 bridgehead atoms. The quantitative estimate of drug-likeness (QED) is 0.196. The van der Waals surface area contributed by atoms with Gasteiger partial charge >= 0.3 is 0 Å². The van der Waals surface area contributed by atoms with Crippen LogP contribution in [-0.2, 0) is 6.61 Å². The molecule has 0 radical (unpaired) electrons. The van der Waals surface area contributed by atoms with E-state index in [0.717, 1.165) is 31.4 Å². The number of allylic oxidation sites excluding steroid dienone is 1. The molecule has 0 amide bonds. The lowest BCUT2D eigenvalue weighted by Gasteiger charge is -2.11. The second-order valence-corrected chi connectivity index (χ2v) is 9.45. The molecule has 0 unspecified atom stereocenters. The Morgan fingerprint density at radius 3 is 2.62 bits per heavy atom. The highest BCUT2D eigenvalue weighted by atomic mass is 32.2. The minimum atomic E-state index is 0.457. The van der Waals surface area contributed by atoms with Crippen molar-refractivity contribution in [2.45, 2.75) is 10.9 Å². The third-order valence-corrected chi connectivity index (χ3v) is 7.08. The van der Waals surface area contributed by atoms with Gasteiger partial charge < -0.3 is 4.74 Å². The van der Waals surface area contributed by atoms with Crippen LogP contribution in [0.1, 0.15) is 11.1 Å². The summed E-state index contributed by atoms with van der Waals surface area (Å²) >= 11 is 2.98. The Hall–Kier alpha value is -3.59. The number of benzene rings is 4. The normalized spacial score (nSPS) is 11.5. The maximum Gasteiger partial charge on any atom is 0.156 e. The number of hydrogen-bond donors (Lipinski definition) is 0. The van der Waals surface area contributed by atoms with E-state index < -0.39 is 0 Å². The predicted molar refractivity (Wildman–Crippen MR) is 134 cm³/mol. The summed E-state index contributed by atoms with van der Waals surface area (Å²) in [6.45, 7) is 0.457. The van der Waals surface area contributed by atoms with Gasteiger partial charge in [-0.1, -0.05) is 72.8 Å². The second-order valence-electron chi connectivity index (χ2n) is 7.13. The highest BCUT2D eigenvalue weighted by molar-refractivity contribution is 8.05. The van der Waals surface area contributed by atoms with Gasteiger partial charge in [0, 0.05) is 5.56 Å². The van der Waals surface area contributed by atoms with Crippen LogP contribution in [0.5, 0.6) is 5.75 Å². The number of rotatable bonds is 6. The number of ether oxygens (including phenoxy) is 1. The van der Waals surface area contributed by atoms with Gasteiger partial charge in [0.1, 0.15) is 18.4 Å². The minimum Gasteiger partial charge on any atom is -0.488 e. The van der Waals surface area contributed by atoms with E-state index in [0.29, 0.717) is 11.5 Å². The first kappa shape index (κ1) is 20.3. The van der Waals surface area contributed by atoms with Gasteiger partial charge in [-0.2, -0.15) is 5.26 Å². The lowest BCUT2D eigenvalue weighted by molar-refractivity contribution is 0.307. The van der Waals surface area contributed by atoms with Crippen molar-refractivity contribution >= 4 is 50.2 Å². The fourth-order valence-corrected chi connectivity index (χ4v) is 5.49. The van der Waals surface area contributed by atoms with Crippen LogP contribution in [0.15, 0.2) is 100 Å². The maximum atomic E-state index is 9.74. The Kier molecular flexibility index (Phi) is 5.89. The fraction of sp³-hybridized carbons (Fsp3) is 0.0370. The molecule has 1 heterocycles. The average Bonchev–Trinajstić information content (AvgIpc) is 3.25. The Morgan fingerprint density at radius 1 is 0.938 bits per heavy atom. The Labute approximate surface area is 194 Å². The zero-order valence-corrected chi connectivity index (χ0v) is 18.7. The van der Waals surface area contributed by atoms with Gasteiger partial charge in [0.25, 0.3) is 0 Å². The molecule has 154 valence electrons. The monoisotopic (exact) mass is 450 g/mol. The molecule has 0 saturated heterocycles. The van der Waals surface area contributed by atoms with Crippen LogP contribution in [0, 0.1) is 11.3 Å². The number of fused-ring (bicyclic) bond motifs is 2. The second kappa shape index (κ2) is 9.27. The molecule has 32 heavy (non-hydrogen) atoms. The van der Waals surface area contributed by atoms with E-state index >= 15 is 0 Å². The molecule has 3 nitrogen and oxygen atoms in total. The molecule has 5 aromatic rings. The van der Waals surface area contributed by atoms with E-state index in [1.807, 2.05) is 66.7 Å². The number of hydrogen-bond acceptors (Lipinski definition) is 5. The molecule has 0 aliphatic carbocycles. The number of thiazole rings is 1. The van der Waals surface area contributed by atoms with E-state index in [1.54, 1.807) is 11.3 Å². The molecule has 5 heteroatoms. The highest BCUT2D eigenvalue weighted by Gasteiger charge is 2.09. The molecule has 0 aliphatic heterocycles. The first-order valence-electron chi connectivity index (χ1n) is 10.1. The van der Waals surface area contributed by atoms with Crippen LogP contribution in [0.25, 0.3) is 27.1 Å². The molecular weight excluding hydrogens is 432 g/mol. The van der Waals surface area contributed by atoms with Crippen molar-refractivity contribution in [3.05, 3.63) is 107 Å². The summed E-state index contributed by atoms with van der Waals surface area (Å²) in [5.74, 6) is 0.748. The molecule has 0 spiro atoms. The van der Waals surface area contributed by atoms with Crippen molar-refractivity contribution < 1.29 is 4.74 Å². The lowest BCUT2D eigenvalue weighted by Crippen LogP contribution is -1.98. The third-order valence-electron chi connectivity index (χ3n) is 5.05. The number of thioether (sulfide) groups is 1. The Bertz CT molecular complexity index is 1440. The van der Waals surface area contributed by atoms with Crippen LogP contribution in [0.2, 0.25) is 0 Å². The van der Waals surface area contributed by atoms with E-state index in [4.69, 9.17) is 4.74 Å². The van der Waals surface area contributed by atoms with Crippen molar-refractivity contribution in [2.24, 2.45) is 0 Å². The van der Waals surface area contributed by atoms with Crippen molar-refractivity contribution in [1.82, 2.24) is 4.98 Å². The van der Waals surface area contributed by atoms with Gasteiger partial charge in [0.2, 0.25) is 0 Å². The molecule has 0 N–H and O–H groups in total.